The van der Waals surface area contributed by atoms with Gasteiger partial charge in [0, 0.05) is 17.3 Å². The number of aromatic nitrogens is 2. The molecule has 1 heterocycles. The number of aryl methyl sites for hydroxylation is 2. The van der Waals surface area contributed by atoms with E-state index in [9.17, 15) is 9.59 Å². The van der Waals surface area contributed by atoms with Crippen LogP contribution in [0.25, 0.3) is 0 Å². The van der Waals surface area contributed by atoms with Gasteiger partial charge < -0.3 is 4.98 Å². The number of ketones is 1. The number of carbonyl (C=O) groups is 1. The van der Waals surface area contributed by atoms with Crippen molar-refractivity contribution in [3.63, 3.8) is 0 Å². The first-order valence-electron chi connectivity index (χ1n) is 5.86. The van der Waals surface area contributed by atoms with E-state index >= 15 is 0 Å². The van der Waals surface area contributed by atoms with Crippen LogP contribution in [0.3, 0.4) is 0 Å². The molecule has 0 saturated carbocycles. The highest BCUT2D eigenvalue weighted by Gasteiger charge is 2.10. The van der Waals surface area contributed by atoms with E-state index in [2.05, 4.69) is 9.97 Å². The monoisotopic (exact) mass is 274 g/mol. The number of carbonyl (C=O) groups excluding carboxylic acids is 1. The molecule has 0 amide bonds. The average Bonchev–Trinajstić information content (AvgIpc) is 2.35. The van der Waals surface area contributed by atoms with Crippen LogP contribution in [0.1, 0.15) is 21.6 Å². The molecule has 5 heteroatoms. The molecule has 0 spiro atoms. The van der Waals surface area contributed by atoms with Crippen molar-refractivity contribution in [2.75, 3.05) is 5.75 Å². The summed E-state index contributed by atoms with van der Waals surface area (Å²) in [6, 6.07) is 8.89. The van der Waals surface area contributed by atoms with Gasteiger partial charge in [-0.1, -0.05) is 36.0 Å². The Labute approximate surface area is 115 Å². The minimum Gasteiger partial charge on any atom is -0.301 e. The molecule has 1 N–H and O–H groups in total. The van der Waals surface area contributed by atoms with Crippen LogP contribution in [0.2, 0.25) is 0 Å². The number of nitrogens with one attached hydrogen (secondary N) is 1. The molecular weight excluding hydrogens is 260 g/mol. The first-order chi connectivity index (χ1) is 9.06. The van der Waals surface area contributed by atoms with Gasteiger partial charge in [-0.25, -0.2) is 4.98 Å². The van der Waals surface area contributed by atoms with Gasteiger partial charge in [0.1, 0.15) is 0 Å². The van der Waals surface area contributed by atoms with E-state index in [4.69, 9.17) is 0 Å². The topological polar surface area (TPSA) is 62.8 Å². The fraction of sp³-hybridized carbons (Fsp3) is 0.214. The van der Waals surface area contributed by atoms with Gasteiger partial charge in [0.05, 0.1) is 5.75 Å². The third-order valence-electron chi connectivity index (χ3n) is 2.63. The summed E-state index contributed by atoms with van der Waals surface area (Å²) in [5.74, 6) is 0.296. The predicted octanol–water partition coefficient (Wildman–Crippen LogP) is 2.36. The lowest BCUT2D eigenvalue weighted by Crippen LogP contribution is -2.10. The van der Waals surface area contributed by atoms with Crippen molar-refractivity contribution in [3.05, 3.63) is 57.5 Å². The van der Waals surface area contributed by atoms with E-state index in [1.165, 1.54) is 17.8 Å². The predicted molar refractivity (Wildman–Crippen MR) is 75.8 cm³/mol. The van der Waals surface area contributed by atoms with Crippen LogP contribution in [0, 0.1) is 13.8 Å². The number of rotatable bonds is 4. The quantitative estimate of drug-likeness (QED) is 0.528. The maximum absolute atomic E-state index is 12.1. The summed E-state index contributed by atoms with van der Waals surface area (Å²) in [7, 11) is 0. The Morgan fingerprint density at radius 3 is 2.74 bits per heavy atom. The standard InChI is InChI=1S/C14H14N2O2S/c1-9-5-3-4-6-11(9)12(17)8-19-14-15-10(2)7-13(18)16-14/h3-7H,8H2,1-2H3,(H,15,16,18). The average molecular weight is 274 g/mol. The summed E-state index contributed by atoms with van der Waals surface area (Å²) < 4.78 is 0. The van der Waals surface area contributed by atoms with E-state index in [0.29, 0.717) is 16.4 Å². The highest BCUT2D eigenvalue weighted by Crippen LogP contribution is 2.15. The molecule has 0 atom stereocenters. The van der Waals surface area contributed by atoms with Crippen LogP contribution in [0.4, 0.5) is 0 Å². The summed E-state index contributed by atoms with van der Waals surface area (Å²) >= 11 is 1.24. The van der Waals surface area contributed by atoms with Gasteiger partial charge in [0.2, 0.25) is 0 Å². The molecule has 2 rings (SSSR count). The molecule has 4 nitrogen and oxygen atoms in total. The van der Waals surface area contributed by atoms with Crippen LogP contribution < -0.4 is 5.56 Å². The van der Waals surface area contributed by atoms with Crippen LogP contribution in [-0.2, 0) is 0 Å². The van der Waals surface area contributed by atoms with Crippen molar-refractivity contribution in [2.45, 2.75) is 19.0 Å². The lowest BCUT2D eigenvalue weighted by Gasteiger charge is -2.04. The molecule has 0 saturated heterocycles. The van der Waals surface area contributed by atoms with Crippen molar-refractivity contribution in [3.8, 4) is 0 Å². The molecule has 0 fully saturated rings. The maximum atomic E-state index is 12.1. The van der Waals surface area contributed by atoms with Crippen molar-refractivity contribution in [2.24, 2.45) is 0 Å². The molecule has 98 valence electrons. The number of aromatic amines is 1. The Hall–Kier alpha value is -1.88. The maximum Gasteiger partial charge on any atom is 0.251 e. The number of Topliss-reactive ketones (excluding diaryl/α,β-unsaturated/α-hetero) is 1. The molecule has 0 aliphatic carbocycles. The first-order valence-corrected chi connectivity index (χ1v) is 6.84. The van der Waals surface area contributed by atoms with Gasteiger partial charge in [-0.15, -0.1) is 0 Å². The molecule has 1 aromatic heterocycles. The van der Waals surface area contributed by atoms with E-state index < -0.39 is 0 Å². The summed E-state index contributed by atoms with van der Waals surface area (Å²) in [6.07, 6.45) is 0. The Morgan fingerprint density at radius 1 is 1.32 bits per heavy atom. The van der Waals surface area contributed by atoms with Gasteiger partial charge >= 0.3 is 0 Å². The molecule has 1 aromatic carbocycles. The fourth-order valence-electron chi connectivity index (χ4n) is 1.72. The SMILES string of the molecule is Cc1cc(=O)[nH]c(SCC(=O)c2ccccc2C)n1. The minimum absolute atomic E-state index is 0.0345. The third kappa shape index (κ3) is 3.54. The molecular formula is C14H14N2O2S. The Kier molecular flexibility index (Phi) is 4.16. The summed E-state index contributed by atoms with van der Waals surface area (Å²) in [5, 5.41) is 0.479. The first kappa shape index (κ1) is 13.5. The normalized spacial score (nSPS) is 10.4. The van der Waals surface area contributed by atoms with Crippen molar-refractivity contribution in [1.82, 2.24) is 9.97 Å². The number of benzene rings is 1. The second-order valence-corrected chi connectivity index (χ2v) is 5.18. The second-order valence-electron chi connectivity index (χ2n) is 4.22. The fourth-order valence-corrected chi connectivity index (χ4v) is 2.52. The number of hydrogen-bond acceptors (Lipinski definition) is 4. The van der Waals surface area contributed by atoms with Gasteiger partial charge in [-0.2, -0.15) is 0 Å². The van der Waals surface area contributed by atoms with Crippen LogP contribution >= 0.6 is 11.8 Å². The Bertz CT molecular complexity index is 664. The summed E-state index contributed by atoms with van der Waals surface area (Å²) in [5.41, 5.74) is 2.12. The molecule has 0 bridgehead atoms. The summed E-state index contributed by atoms with van der Waals surface area (Å²) in [6.45, 7) is 3.66. The molecule has 0 unspecified atom stereocenters. The highest BCUT2D eigenvalue weighted by atomic mass is 32.2. The van der Waals surface area contributed by atoms with Gasteiger partial charge in [-0.05, 0) is 19.4 Å². The largest absolute Gasteiger partial charge is 0.301 e. The number of H-pyrrole nitrogens is 1. The van der Waals surface area contributed by atoms with E-state index in [1.807, 2.05) is 31.2 Å². The number of hydrogen-bond donors (Lipinski definition) is 1. The minimum atomic E-state index is -0.196. The van der Waals surface area contributed by atoms with E-state index in [1.54, 1.807) is 6.92 Å². The summed E-state index contributed by atoms with van der Waals surface area (Å²) in [4.78, 5) is 30.1. The third-order valence-corrected chi connectivity index (χ3v) is 3.51. The zero-order valence-electron chi connectivity index (χ0n) is 10.8. The second kappa shape index (κ2) is 5.84. The number of thioether (sulfide) groups is 1. The zero-order chi connectivity index (χ0) is 13.8. The van der Waals surface area contributed by atoms with Crippen LogP contribution in [0.15, 0.2) is 40.3 Å². The molecule has 19 heavy (non-hydrogen) atoms. The van der Waals surface area contributed by atoms with Crippen molar-refractivity contribution >= 4 is 17.5 Å². The van der Waals surface area contributed by atoms with E-state index in [0.717, 1.165) is 5.56 Å². The van der Waals surface area contributed by atoms with Gasteiger partial charge in [-0.3, -0.25) is 9.59 Å². The zero-order valence-corrected chi connectivity index (χ0v) is 11.6. The van der Waals surface area contributed by atoms with Gasteiger partial charge in [0.15, 0.2) is 10.9 Å². The molecule has 2 aromatic rings. The van der Waals surface area contributed by atoms with Gasteiger partial charge in [0.25, 0.3) is 5.56 Å². The highest BCUT2D eigenvalue weighted by molar-refractivity contribution is 7.99. The van der Waals surface area contributed by atoms with Crippen molar-refractivity contribution in [1.29, 1.82) is 0 Å². The van der Waals surface area contributed by atoms with E-state index in [-0.39, 0.29) is 17.1 Å². The number of nitrogens with zero attached hydrogens (tertiary/aromatic N) is 1. The molecule has 0 radical (unpaired) electrons. The van der Waals surface area contributed by atoms with Crippen molar-refractivity contribution < 1.29 is 4.79 Å². The molecule has 0 aliphatic rings. The molecule has 0 aliphatic heterocycles. The van der Waals surface area contributed by atoms with Crippen LogP contribution in [0.5, 0.6) is 0 Å². The Morgan fingerprint density at radius 2 is 2.05 bits per heavy atom. The van der Waals surface area contributed by atoms with Crippen LogP contribution in [-0.4, -0.2) is 21.5 Å². The lowest BCUT2D eigenvalue weighted by molar-refractivity contribution is 0.102. The Balaban J connectivity index is 2.09. The smallest absolute Gasteiger partial charge is 0.251 e. The lowest BCUT2D eigenvalue weighted by atomic mass is 10.1.